The molecule has 1 aromatic heterocycles. The van der Waals surface area contributed by atoms with Crippen LogP contribution >= 0.6 is 0 Å². The van der Waals surface area contributed by atoms with Gasteiger partial charge in [0.15, 0.2) is 0 Å². The van der Waals surface area contributed by atoms with E-state index in [1.807, 2.05) is 13.0 Å². The summed E-state index contributed by atoms with van der Waals surface area (Å²) < 4.78 is 18.8. The Labute approximate surface area is 159 Å². The van der Waals surface area contributed by atoms with Crippen LogP contribution in [0.5, 0.6) is 0 Å². The van der Waals surface area contributed by atoms with E-state index in [1.165, 1.54) is 6.07 Å². The molecule has 0 atom stereocenters. The summed E-state index contributed by atoms with van der Waals surface area (Å²) in [6.07, 6.45) is 0. The maximum atomic E-state index is 13.4. The fourth-order valence-corrected chi connectivity index (χ4v) is 3.68. The summed E-state index contributed by atoms with van der Waals surface area (Å²) in [6.45, 7) is 9.67. The highest BCUT2D eigenvalue weighted by molar-refractivity contribution is 5.51. The molecule has 2 saturated heterocycles. The number of piperazine rings is 1. The monoisotopic (exact) mass is 371 g/mol. The zero-order valence-electron chi connectivity index (χ0n) is 15.8. The molecule has 0 bridgehead atoms. The quantitative estimate of drug-likeness (QED) is 0.820. The molecule has 144 valence electrons. The summed E-state index contributed by atoms with van der Waals surface area (Å²) in [5.41, 5.74) is 1.02. The lowest BCUT2D eigenvalue weighted by Crippen LogP contribution is -2.46. The summed E-state index contributed by atoms with van der Waals surface area (Å²) in [5, 5.41) is 0. The first-order valence-electron chi connectivity index (χ1n) is 9.57. The fourth-order valence-electron chi connectivity index (χ4n) is 3.68. The minimum Gasteiger partial charge on any atom is -0.378 e. The maximum Gasteiger partial charge on any atom is 0.134 e. The molecule has 0 aliphatic carbocycles. The third-order valence-corrected chi connectivity index (χ3v) is 5.14. The van der Waals surface area contributed by atoms with Crippen molar-refractivity contribution in [2.24, 2.45) is 0 Å². The van der Waals surface area contributed by atoms with Crippen LogP contribution in [0.25, 0.3) is 0 Å². The van der Waals surface area contributed by atoms with E-state index >= 15 is 0 Å². The highest BCUT2D eigenvalue weighted by atomic mass is 19.1. The number of rotatable bonds is 4. The van der Waals surface area contributed by atoms with Gasteiger partial charge < -0.3 is 14.5 Å². The number of ether oxygens (including phenoxy) is 1. The highest BCUT2D eigenvalue weighted by Crippen LogP contribution is 2.21. The van der Waals surface area contributed by atoms with E-state index in [4.69, 9.17) is 4.74 Å². The largest absolute Gasteiger partial charge is 0.378 e. The maximum absolute atomic E-state index is 13.4. The van der Waals surface area contributed by atoms with Gasteiger partial charge in [0.2, 0.25) is 0 Å². The number of anilines is 2. The van der Waals surface area contributed by atoms with Gasteiger partial charge >= 0.3 is 0 Å². The first-order valence-corrected chi connectivity index (χ1v) is 9.57. The standard InChI is InChI=1S/C20H26FN5O/c1-16-22-19(14-20(23-16)26-9-11-27-12-10-26)25-7-5-24(6-8-25)15-17-3-2-4-18(21)13-17/h2-4,13-14H,5-12,15H2,1H3. The van der Waals surface area contributed by atoms with Crippen molar-refractivity contribution >= 4 is 11.6 Å². The van der Waals surface area contributed by atoms with E-state index in [0.717, 1.165) is 82.1 Å². The molecule has 7 heteroatoms. The van der Waals surface area contributed by atoms with Crippen LogP contribution in [0.3, 0.4) is 0 Å². The van der Waals surface area contributed by atoms with Gasteiger partial charge in [0.05, 0.1) is 13.2 Å². The molecule has 0 saturated carbocycles. The SMILES string of the molecule is Cc1nc(N2CCOCC2)cc(N2CCN(Cc3cccc(F)c3)CC2)n1. The van der Waals surface area contributed by atoms with Gasteiger partial charge in [0.1, 0.15) is 23.3 Å². The normalized spacial score (nSPS) is 18.7. The first-order chi connectivity index (χ1) is 13.2. The average molecular weight is 371 g/mol. The third kappa shape index (κ3) is 4.54. The van der Waals surface area contributed by atoms with Gasteiger partial charge in [-0.3, -0.25) is 4.90 Å². The lowest BCUT2D eigenvalue weighted by molar-refractivity contribution is 0.122. The van der Waals surface area contributed by atoms with E-state index in [2.05, 4.69) is 30.7 Å². The molecule has 0 spiro atoms. The van der Waals surface area contributed by atoms with Crippen molar-refractivity contribution in [2.45, 2.75) is 13.5 Å². The number of morpholine rings is 1. The molecule has 0 amide bonds. The number of halogens is 1. The molecule has 0 radical (unpaired) electrons. The number of nitrogens with zero attached hydrogens (tertiary/aromatic N) is 5. The smallest absolute Gasteiger partial charge is 0.134 e. The van der Waals surface area contributed by atoms with Crippen molar-refractivity contribution in [3.63, 3.8) is 0 Å². The molecular weight excluding hydrogens is 345 g/mol. The number of hydrogen-bond donors (Lipinski definition) is 0. The van der Waals surface area contributed by atoms with E-state index in [1.54, 1.807) is 12.1 Å². The molecular formula is C20H26FN5O. The Kier molecular flexibility index (Phi) is 5.50. The molecule has 2 fully saturated rings. The van der Waals surface area contributed by atoms with E-state index in [9.17, 15) is 4.39 Å². The topological polar surface area (TPSA) is 44.7 Å². The van der Waals surface area contributed by atoms with Gasteiger partial charge in [0.25, 0.3) is 0 Å². The summed E-state index contributed by atoms with van der Waals surface area (Å²) in [5.74, 6) is 2.62. The molecule has 27 heavy (non-hydrogen) atoms. The van der Waals surface area contributed by atoms with Crippen LogP contribution in [0.2, 0.25) is 0 Å². The Bertz CT molecular complexity index is 773. The van der Waals surface area contributed by atoms with Crippen molar-refractivity contribution in [3.8, 4) is 0 Å². The van der Waals surface area contributed by atoms with E-state index < -0.39 is 0 Å². The second-order valence-corrected chi connectivity index (χ2v) is 7.12. The Morgan fingerprint density at radius 3 is 2.26 bits per heavy atom. The van der Waals surface area contributed by atoms with Crippen LogP contribution in [0.1, 0.15) is 11.4 Å². The minimum atomic E-state index is -0.168. The number of benzene rings is 1. The van der Waals surface area contributed by atoms with Crippen LogP contribution in [0, 0.1) is 12.7 Å². The lowest BCUT2D eigenvalue weighted by atomic mass is 10.2. The Morgan fingerprint density at radius 1 is 0.926 bits per heavy atom. The number of aryl methyl sites for hydroxylation is 1. The van der Waals surface area contributed by atoms with Crippen molar-refractivity contribution in [3.05, 3.63) is 47.5 Å². The van der Waals surface area contributed by atoms with Crippen molar-refractivity contribution < 1.29 is 9.13 Å². The number of aromatic nitrogens is 2. The van der Waals surface area contributed by atoms with E-state index in [-0.39, 0.29) is 5.82 Å². The van der Waals surface area contributed by atoms with Crippen molar-refractivity contribution in [2.75, 3.05) is 62.3 Å². The first kappa shape index (κ1) is 18.1. The second-order valence-electron chi connectivity index (χ2n) is 7.12. The lowest BCUT2D eigenvalue weighted by Gasteiger charge is -2.36. The van der Waals surface area contributed by atoms with Gasteiger partial charge in [-0.1, -0.05) is 12.1 Å². The second kappa shape index (κ2) is 8.19. The molecule has 0 N–H and O–H groups in total. The number of hydrogen-bond acceptors (Lipinski definition) is 6. The highest BCUT2D eigenvalue weighted by Gasteiger charge is 2.21. The summed E-state index contributed by atoms with van der Waals surface area (Å²) >= 11 is 0. The molecule has 2 aliphatic heterocycles. The predicted molar refractivity (Wildman–Crippen MR) is 104 cm³/mol. The average Bonchev–Trinajstić information content (AvgIpc) is 2.69. The van der Waals surface area contributed by atoms with Crippen LogP contribution < -0.4 is 9.80 Å². The molecule has 0 unspecified atom stereocenters. The molecule has 1 aromatic carbocycles. The van der Waals surface area contributed by atoms with Crippen molar-refractivity contribution in [1.29, 1.82) is 0 Å². The zero-order valence-corrected chi connectivity index (χ0v) is 15.8. The van der Waals surface area contributed by atoms with E-state index in [0.29, 0.717) is 0 Å². The summed E-state index contributed by atoms with van der Waals surface area (Å²) in [7, 11) is 0. The Hall–Kier alpha value is -2.25. The summed E-state index contributed by atoms with van der Waals surface area (Å²) in [6, 6.07) is 8.97. The Morgan fingerprint density at radius 2 is 1.59 bits per heavy atom. The van der Waals surface area contributed by atoms with Crippen LogP contribution in [-0.4, -0.2) is 67.4 Å². The minimum absolute atomic E-state index is 0.168. The summed E-state index contributed by atoms with van der Waals surface area (Å²) in [4.78, 5) is 16.2. The molecule has 4 rings (SSSR count). The Balaban J connectivity index is 1.39. The zero-order chi connectivity index (χ0) is 18.6. The van der Waals surface area contributed by atoms with Gasteiger partial charge in [-0.25, -0.2) is 14.4 Å². The molecule has 3 heterocycles. The van der Waals surface area contributed by atoms with Gasteiger partial charge in [-0.15, -0.1) is 0 Å². The van der Waals surface area contributed by atoms with Crippen molar-refractivity contribution in [1.82, 2.24) is 14.9 Å². The molecule has 2 aliphatic rings. The van der Waals surface area contributed by atoms with Crippen LogP contribution in [0.4, 0.5) is 16.0 Å². The van der Waals surface area contributed by atoms with Crippen LogP contribution in [0.15, 0.2) is 30.3 Å². The molecule has 2 aromatic rings. The van der Waals surface area contributed by atoms with Gasteiger partial charge in [-0.05, 0) is 24.6 Å². The molecule has 6 nitrogen and oxygen atoms in total. The fraction of sp³-hybridized carbons (Fsp3) is 0.500. The third-order valence-electron chi connectivity index (χ3n) is 5.14. The predicted octanol–water partition coefficient (Wildman–Crippen LogP) is 2.08. The van der Waals surface area contributed by atoms with Gasteiger partial charge in [0, 0.05) is 51.9 Å². The van der Waals surface area contributed by atoms with Crippen LogP contribution in [-0.2, 0) is 11.3 Å². The van der Waals surface area contributed by atoms with Gasteiger partial charge in [-0.2, -0.15) is 0 Å².